The predicted molar refractivity (Wildman–Crippen MR) is 184 cm³/mol. The number of unbranched alkanes of at least 4 members (excludes halogenated alkanes) is 10. The first-order valence-corrected chi connectivity index (χ1v) is 17.8. The number of carbonyl (C=O) groups is 2. The number of amides is 2. The molecule has 2 amide bonds. The fourth-order valence-corrected chi connectivity index (χ4v) is 6.34. The minimum Gasteiger partial charge on any atom is -0.388 e. The summed E-state index contributed by atoms with van der Waals surface area (Å²) in [5, 5.41) is 64.9. The Morgan fingerprint density at radius 3 is 1.34 bits per heavy atom. The largest absolute Gasteiger partial charge is 0.388 e. The van der Waals surface area contributed by atoms with E-state index in [2.05, 4.69) is 10.6 Å². The number of hydrogen-bond donors (Lipinski definition) is 8. The van der Waals surface area contributed by atoms with E-state index in [1.54, 1.807) is 45.9 Å². The molecule has 2 aliphatic heterocycles. The van der Waals surface area contributed by atoms with Crippen LogP contribution < -0.4 is 10.6 Å². The third-order valence-corrected chi connectivity index (χ3v) is 9.37. The third-order valence-electron chi connectivity index (χ3n) is 9.37. The van der Waals surface area contributed by atoms with Crippen LogP contribution in [0.25, 0.3) is 0 Å². The molecule has 8 N–H and O–H groups in total. The number of benzene rings is 1. The molecule has 0 aliphatic carbocycles. The molecule has 0 radical (unpaired) electrons. The van der Waals surface area contributed by atoms with Gasteiger partial charge in [0.15, 0.2) is 0 Å². The molecule has 6 atom stereocenters. The van der Waals surface area contributed by atoms with Crippen LogP contribution in [-0.4, -0.2) is 140 Å². The molecule has 1 aromatic rings. The summed E-state index contributed by atoms with van der Waals surface area (Å²) in [6.45, 7) is 2.16. The maximum Gasteiger partial charge on any atom is 0.251 e. The lowest BCUT2D eigenvalue weighted by Crippen LogP contribution is -2.54. The van der Waals surface area contributed by atoms with Crippen LogP contribution in [0.2, 0.25) is 0 Å². The average molecular weight is 703 g/mol. The van der Waals surface area contributed by atoms with Gasteiger partial charge in [-0.1, -0.05) is 57.4 Å². The third kappa shape index (κ3) is 12.3. The molecule has 1 aromatic carbocycles. The number of hydrogen-bond acceptors (Lipinski definition) is 12. The highest BCUT2D eigenvalue weighted by molar-refractivity contribution is 5.99. The van der Waals surface area contributed by atoms with Gasteiger partial charge in [0.2, 0.25) is 0 Å². The van der Waals surface area contributed by atoms with Gasteiger partial charge < -0.3 is 51.1 Å². The molecule has 278 valence electrons. The molecule has 2 saturated heterocycles. The van der Waals surface area contributed by atoms with Crippen molar-refractivity contribution < 1.29 is 49.8 Å². The molecule has 0 aromatic heterocycles. The highest BCUT2D eigenvalue weighted by Crippen LogP contribution is 2.22. The standard InChI is InChI=1S/C36H54N4O10/c41-23-27-31(45)33(47)29(43)21-39(27)18-11-7-3-1-5-9-16-37-35(49)25-14-13-15-26(20-25)36(50)38-17-10-6-2-4-8-12-19-40-22-30(44)34(48)32(46)28(40)24-42/h13-15,20,29-34,43-48H,1-12,16-19,21-22H2,(H,37,49)(H,38,50)/t29-,30-,31-,32-,33+,34+/m0/s1. The monoisotopic (exact) mass is 702 g/mol. The number of likely N-dealkylation sites (tertiary alicyclic amines) is 2. The van der Waals surface area contributed by atoms with Crippen molar-refractivity contribution in [3.8, 4) is 0 Å². The van der Waals surface area contributed by atoms with Crippen LogP contribution in [0.15, 0.2) is 35.7 Å². The zero-order chi connectivity index (χ0) is 36.5. The Morgan fingerprint density at radius 2 is 0.960 bits per heavy atom. The zero-order valence-electron chi connectivity index (χ0n) is 28.7. The van der Waals surface area contributed by atoms with E-state index in [9.17, 15) is 49.8 Å². The van der Waals surface area contributed by atoms with Gasteiger partial charge in [0, 0.05) is 50.4 Å². The summed E-state index contributed by atoms with van der Waals surface area (Å²) < 4.78 is 0. The summed E-state index contributed by atoms with van der Waals surface area (Å²) in [6.07, 6.45) is 2.78. The number of β-amino-alcohol motifs (C(OH)–C–C–N with tert-alkyl or cyclic N) is 2. The fraction of sp³-hybridized carbons (Fsp3) is 0.667. The molecule has 0 spiro atoms. The van der Waals surface area contributed by atoms with Crippen molar-refractivity contribution in [1.82, 2.24) is 20.4 Å². The van der Waals surface area contributed by atoms with Crippen molar-refractivity contribution in [1.29, 1.82) is 0 Å². The topological polar surface area (TPSA) is 220 Å². The van der Waals surface area contributed by atoms with Gasteiger partial charge in [0.25, 0.3) is 11.8 Å². The molecule has 0 unspecified atom stereocenters. The minimum absolute atomic E-state index is 0.0181. The summed E-state index contributed by atoms with van der Waals surface area (Å²) in [7, 11) is 0. The minimum atomic E-state index is -1.43. The Labute approximate surface area is 293 Å². The molecule has 2 fully saturated rings. The van der Waals surface area contributed by atoms with Gasteiger partial charge in [0.05, 0.1) is 0 Å². The van der Waals surface area contributed by atoms with Crippen LogP contribution in [0.4, 0.5) is 0 Å². The SMILES string of the molecule is O=C=C1[C@H](O)[C@H](O)[C@@H](O)CN1CCCCCCCCNC(=O)c1cccc(C(=O)NCCCCCCCCN2C[C@H](O)[C@@H](O)[C@@H](O)C2=C=O)c1. The molecular formula is C36H54N4O10. The predicted octanol–water partition coefficient (Wildman–Crippen LogP) is 0.0550. The van der Waals surface area contributed by atoms with Crippen molar-refractivity contribution >= 4 is 23.7 Å². The number of nitrogens with zero attached hydrogens (tertiary/aromatic N) is 2. The van der Waals surface area contributed by atoms with Crippen LogP contribution in [0.1, 0.15) is 97.8 Å². The summed E-state index contributed by atoms with van der Waals surface area (Å²) in [4.78, 5) is 50.8. The quantitative estimate of drug-likeness (QED) is 0.0668. The van der Waals surface area contributed by atoms with Gasteiger partial charge in [0.1, 0.15) is 59.9 Å². The van der Waals surface area contributed by atoms with E-state index >= 15 is 0 Å². The maximum absolute atomic E-state index is 12.7. The number of piperidine rings is 2. The maximum atomic E-state index is 12.7. The molecule has 14 nitrogen and oxygen atoms in total. The van der Waals surface area contributed by atoms with Crippen LogP contribution in [0.3, 0.4) is 0 Å². The normalized spacial score (nSPS) is 23.7. The van der Waals surface area contributed by atoms with E-state index < -0.39 is 36.6 Å². The van der Waals surface area contributed by atoms with Gasteiger partial charge in [-0.15, -0.1) is 0 Å². The van der Waals surface area contributed by atoms with Crippen LogP contribution in [0, 0.1) is 0 Å². The Hall–Kier alpha value is -3.58. The number of carbonyl (C=O) groups excluding carboxylic acids is 4. The van der Waals surface area contributed by atoms with Gasteiger partial charge in [-0.2, -0.15) is 0 Å². The van der Waals surface area contributed by atoms with Crippen LogP contribution in [0.5, 0.6) is 0 Å². The van der Waals surface area contributed by atoms with Crippen LogP contribution in [-0.2, 0) is 9.59 Å². The summed E-state index contributed by atoms with van der Waals surface area (Å²) in [6, 6.07) is 6.62. The summed E-state index contributed by atoms with van der Waals surface area (Å²) in [5.74, 6) is 2.89. The second kappa shape index (κ2) is 21.6. The van der Waals surface area contributed by atoms with Crippen molar-refractivity contribution in [3.05, 3.63) is 46.8 Å². The van der Waals surface area contributed by atoms with E-state index in [0.717, 1.165) is 77.0 Å². The number of rotatable bonds is 20. The molecular weight excluding hydrogens is 648 g/mol. The highest BCUT2D eigenvalue weighted by atomic mass is 16.4. The van der Waals surface area contributed by atoms with E-state index in [1.807, 2.05) is 0 Å². The Bertz CT molecular complexity index is 1240. The van der Waals surface area contributed by atoms with Crippen molar-refractivity contribution in [2.75, 3.05) is 39.3 Å². The van der Waals surface area contributed by atoms with Gasteiger partial charge >= 0.3 is 0 Å². The van der Waals surface area contributed by atoms with Gasteiger partial charge in [-0.3, -0.25) is 9.59 Å². The van der Waals surface area contributed by atoms with Crippen molar-refractivity contribution in [2.45, 2.75) is 114 Å². The Balaban J connectivity index is 1.20. The molecule has 14 heteroatoms. The van der Waals surface area contributed by atoms with E-state index in [4.69, 9.17) is 0 Å². The number of aliphatic hydroxyl groups is 6. The second-order valence-electron chi connectivity index (χ2n) is 13.2. The molecule has 0 saturated carbocycles. The Morgan fingerprint density at radius 1 is 0.600 bits per heavy atom. The number of nitrogens with one attached hydrogen (secondary N) is 2. The molecule has 50 heavy (non-hydrogen) atoms. The molecule has 2 heterocycles. The van der Waals surface area contributed by atoms with E-state index in [1.165, 1.54) is 0 Å². The first-order valence-electron chi connectivity index (χ1n) is 17.8. The lowest BCUT2D eigenvalue weighted by Gasteiger charge is -2.38. The zero-order valence-corrected chi connectivity index (χ0v) is 28.7. The van der Waals surface area contributed by atoms with Gasteiger partial charge in [-0.05, 0) is 43.9 Å². The molecule has 2 aliphatic rings. The van der Waals surface area contributed by atoms with Crippen LogP contribution >= 0.6 is 0 Å². The van der Waals surface area contributed by atoms with Gasteiger partial charge in [-0.25, -0.2) is 9.59 Å². The first kappa shape index (κ1) is 40.8. The highest BCUT2D eigenvalue weighted by Gasteiger charge is 2.38. The first-order chi connectivity index (χ1) is 24.1. The molecule has 0 bridgehead atoms. The smallest absolute Gasteiger partial charge is 0.251 e. The average Bonchev–Trinajstić information content (AvgIpc) is 3.11. The molecule has 3 rings (SSSR count). The Kier molecular flexibility index (Phi) is 17.6. The second-order valence-corrected chi connectivity index (χ2v) is 13.2. The summed E-state index contributed by atoms with van der Waals surface area (Å²) in [5.41, 5.74) is 0.802. The van der Waals surface area contributed by atoms with Crippen molar-refractivity contribution in [2.24, 2.45) is 0 Å². The lowest BCUT2D eigenvalue weighted by atomic mass is 9.98. The number of aliphatic hydroxyl groups excluding tert-OH is 6. The van der Waals surface area contributed by atoms with E-state index in [-0.39, 0.29) is 36.3 Å². The lowest BCUT2D eigenvalue weighted by molar-refractivity contribution is -0.0862. The summed E-state index contributed by atoms with van der Waals surface area (Å²) >= 11 is 0. The fourth-order valence-electron chi connectivity index (χ4n) is 6.34. The van der Waals surface area contributed by atoms with Crippen molar-refractivity contribution in [3.63, 3.8) is 0 Å². The van der Waals surface area contributed by atoms with E-state index in [0.29, 0.717) is 37.3 Å².